The normalized spacial score (nSPS) is 15.2. The van der Waals surface area contributed by atoms with Crippen LogP contribution in [0.5, 0.6) is 0 Å². The van der Waals surface area contributed by atoms with Crippen LogP contribution in [0.25, 0.3) is 10.4 Å². The van der Waals surface area contributed by atoms with Crippen molar-refractivity contribution in [3.05, 3.63) is 45.8 Å². The van der Waals surface area contributed by atoms with Crippen LogP contribution in [0, 0.1) is 11.3 Å². The average Bonchev–Trinajstić information content (AvgIpc) is 2.34. The Hall–Kier alpha value is -2.12. The van der Waals surface area contributed by atoms with Crippen molar-refractivity contribution in [1.29, 1.82) is 5.26 Å². The standard InChI is InChI=1S/C11H10F2N4/c1-7(12)11(16-17-15)10(13)9-5-3-2-4-8(9)6-14/h2-5,7,10-11H,1H3/t7-,10+,11+/m1/s1. The molecule has 0 unspecified atom stereocenters. The molecule has 0 radical (unpaired) electrons. The summed E-state index contributed by atoms with van der Waals surface area (Å²) in [4.78, 5) is 2.42. The predicted molar refractivity (Wildman–Crippen MR) is 58.5 cm³/mol. The molecule has 1 rings (SSSR count). The average molecular weight is 236 g/mol. The van der Waals surface area contributed by atoms with Crippen LogP contribution in [0.2, 0.25) is 0 Å². The third-order valence-corrected chi connectivity index (χ3v) is 2.33. The van der Waals surface area contributed by atoms with Gasteiger partial charge in [-0.25, -0.2) is 8.78 Å². The van der Waals surface area contributed by atoms with Gasteiger partial charge in [-0.1, -0.05) is 23.3 Å². The highest BCUT2D eigenvalue weighted by Crippen LogP contribution is 2.29. The zero-order valence-electron chi connectivity index (χ0n) is 9.09. The zero-order chi connectivity index (χ0) is 12.8. The molecular weight excluding hydrogens is 226 g/mol. The summed E-state index contributed by atoms with van der Waals surface area (Å²) in [7, 11) is 0. The fourth-order valence-electron chi connectivity index (χ4n) is 1.47. The van der Waals surface area contributed by atoms with E-state index in [-0.39, 0.29) is 11.1 Å². The molecule has 0 aromatic heterocycles. The monoisotopic (exact) mass is 236 g/mol. The maximum Gasteiger partial charge on any atom is 0.138 e. The molecule has 88 valence electrons. The first-order valence-corrected chi connectivity index (χ1v) is 4.93. The van der Waals surface area contributed by atoms with E-state index in [9.17, 15) is 8.78 Å². The number of hydrogen-bond acceptors (Lipinski definition) is 2. The Labute approximate surface area is 97.1 Å². The summed E-state index contributed by atoms with van der Waals surface area (Å²) >= 11 is 0. The number of rotatable bonds is 4. The molecule has 1 aromatic rings. The number of nitrogens with zero attached hydrogens (tertiary/aromatic N) is 4. The second-order valence-electron chi connectivity index (χ2n) is 3.47. The lowest BCUT2D eigenvalue weighted by Gasteiger charge is -2.18. The highest BCUT2D eigenvalue weighted by molar-refractivity contribution is 5.39. The number of alkyl halides is 2. The molecule has 0 N–H and O–H groups in total. The minimum Gasteiger partial charge on any atom is -0.247 e. The number of benzene rings is 1. The second kappa shape index (κ2) is 5.83. The van der Waals surface area contributed by atoms with E-state index < -0.39 is 18.4 Å². The van der Waals surface area contributed by atoms with Gasteiger partial charge in [0.25, 0.3) is 0 Å². The fourth-order valence-corrected chi connectivity index (χ4v) is 1.47. The molecule has 0 aliphatic rings. The topological polar surface area (TPSA) is 72.6 Å². The fraction of sp³-hybridized carbons (Fsp3) is 0.364. The third-order valence-electron chi connectivity index (χ3n) is 2.33. The third kappa shape index (κ3) is 2.92. The highest BCUT2D eigenvalue weighted by atomic mass is 19.1. The van der Waals surface area contributed by atoms with Crippen molar-refractivity contribution in [3.63, 3.8) is 0 Å². The molecule has 0 bridgehead atoms. The van der Waals surface area contributed by atoms with Gasteiger partial charge < -0.3 is 0 Å². The molecule has 0 fully saturated rings. The van der Waals surface area contributed by atoms with E-state index in [1.807, 2.05) is 6.07 Å². The van der Waals surface area contributed by atoms with Crippen molar-refractivity contribution in [1.82, 2.24) is 0 Å². The van der Waals surface area contributed by atoms with Crippen LogP contribution in [0.15, 0.2) is 29.4 Å². The van der Waals surface area contributed by atoms with Crippen LogP contribution in [-0.2, 0) is 0 Å². The Morgan fingerprint density at radius 2 is 2.06 bits per heavy atom. The lowest BCUT2D eigenvalue weighted by atomic mass is 9.97. The Balaban J connectivity index is 3.14. The van der Waals surface area contributed by atoms with Crippen molar-refractivity contribution in [2.75, 3.05) is 0 Å². The molecule has 0 saturated heterocycles. The molecule has 1 aromatic carbocycles. The number of nitriles is 1. The Morgan fingerprint density at radius 1 is 1.41 bits per heavy atom. The first-order chi connectivity index (χ1) is 8.11. The largest absolute Gasteiger partial charge is 0.247 e. The molecule has 0 heterocycles. The van der Waals surface area contributed by atoms with Crippen molar-refractivity contribution >= 4 is 0 Å². The van der Waals surface area contributed by atoms with Gasteiger partial charge in [0.1, 0.15) is 18.4 Å². The molecule has 0 spiro atoms. The molecular formula is C11H10F2N4. The summed E-state index contributed by atoms with van der Waals surface area (Å²) in [5, 5.41) is 11.9. The van der Waals surface area contributed by atoms with E-state index in [0.717, 1.165) is 6.92 Å². The van der Waals surface area contributed by atoms with Crippen LogP contribution >= 0.6 is 0 Å². The second-order valence-corrected chi connectivity index (χ2v) is 3.47. The number of hydrogen-bond donors (Lipinski definition) is 0. The van der Waals surface area contributed by atoms with Crippen molar-refractivity contribution in [2.24, 2.45) is 5.11 Å². The summed E-state index contributed by atoms with van der Waals surface area (Å²) in [5.74, 6) is 0. The molecule has 0 aliphatic carbocycles. The van der Waals surface area contributed by atoms with Crippen LogP contribution in [0.1, 0.15) is 24.2 Å². The summed E-state index contributed by atoms with van der Waals surface area (Å²) in [6, 6.07) is 6.28. The van der Waals surface area contributed by atoms with Gasteiger partial charge in [0.15, 0.2) is 0 Å². The first-order valence-electron chi connectivity index (χ1n) is 4.93. The number of halogens is 2. The molecule has 4 nitrogen and oxygen atoms in total. The summed E-state index contributed by atoms with van der Waals surface area (Å²) in [5.41, 5.74) is 8.42. The molecule has 0 saturated carbocycles. The lowest BCUT2D eigenvalue weighted by Crippen LogP contribution is -2.22. The lowest BCUT2D eigenvalue weighted by molar-refractivity contribution is 0.196. The van der Waals surface area contributed by atoms with Crippen LogP contribution < -0.4 is 0 Å². The van der Waals surface area contributed by atoms with E-state index in [1.165, 1.54) is 12.1 Å². The number of azide groups is 1. The van der Waals surface area contributed by atoms with E-state index in [1.54, 1.807) is 12.1 Å². The first kappa shape index (κ1) is 12.9. The molecule has 0 aliphatic heterocycles. The quantitative estimate of drug-likeness (QED) is 0.447. The highest BCUT2D eigenvalue weighted by Gasteiger charge is 2.28. The van der Waals surface area contributed by atoms with E-state index in [0.29, 0.717) is 0 Å². The van der Waals surface area contributed by atoms with E-state index >= 15 is 0 Å². The van der Waals surface area contributed by atoms with Crippen LogP contribution in [0.3, 0.4) is 0 Å². The van der Waals surface area contributed by atoms with Crippen molar-refractivity contribution < 1.29 is 8.78 Å². The van der Waals surface area contributed by atoms with Gasteiger partial charge in [0.2, 0.25) is 0 Å². The zero-order valence-corrected chi connectivity index (χ0v) is 9.09. The van der Waals surface area contributed by atoms with Gasteiger partial charge in [0, 0.05) is 10.5 Å². The van der Waals surface area contributed by atoms with E-state index in [4.69, 9.17) is 10.8 Å². The van der Waals surface area contributed by atoms with Crippen LogP contribution in [0.4, 0.5) is 8.78 Å². The minimum atomic E-state index is -1.83. The Morgan fingerprint density at radius 3 is 2.59 bits per heavy atom. The SMILES string of the molecule is C[C@@H](F)[C@H](N=[N+]=[N-])[C@@H](F)c1ccccc1C#N. The molecule has 3 atom stereocenters. The predicted octanol–water partition coefficient (Wildman–Crippen LogP) is 3.61. The summed E-state index contributed by atoms with van der Waals surface area (Å²) < 4.78 is 27.2. The van der Waals surface area contributed by atoms with Crippen LogP contribution in [-0.4, -0.2) is 12.2 Å². The van der Waals surface area contributed by atoms with E-state index in [2.05, 4.69) is 10.0 Å². The Kier molecular flexibility index (Phi) is 4.44. The van der Waals surface area contributed by atoms with Gasteiger partial charge in [-0.15, -0.1) is 0 Å². The van der Waals surface area contributed by atoms with Crippen molar-refractivity contribution in [3.8, 4) is 6.07 Å². The molecule has 17 heavy (non-hydrogen) atoms. The maximum absolute atomic E-state index is 14.0. The van der Waals surface area contributed by atoms with Crippen molar-refractivity contribution in [2.45, 2.75) is 25.3 Å². The van der Waals surface area contributed by atoms with Gasteiger partial charge >= 0.3 is 0 Å². The smallest absolute Gasteiger partial charge is 0.138 e. The minimum absolute atomic E-state index is 0.0388. The van der Waals surface area contributed by atoms with Gasteiger partial charge in [-0.3, -0.25) is 0 Å². The maximum atomic E-state index is 14.0. The molecule has 0 amide bonds. The molecule has 6 heteroatoms. The van der Waals surface area contributed by atoms with Gasteiger partial charge in [-0.05, 0) is 18.5 Å². The van der Waals surface area contributed by atoms with Gasteiger partial charge in [0.05, 0.1) is 11.6 Å². The van der Waals surface area contributed by atoms with Gasteiger partial charge in [-0.2, -0.15) is 5.26 Å². The summed E-state index contributed by atoms with van der Waals surface area (Å²) in [6.07, 6.45) is -3.46. The Bertz CT molecular complexity index is 475. The summed E-state index contributed by atoms with van der Waals surface area (Å²) in [6.45, 7) is 1.11.